The average molecular weight is 310 g/mol. The highest BCUT2D eigenvalue weighted by Crippen LogP contribution is 2.53. The van der Waals surface area contributed by atoms with Crippen LogP contribution in [0, 0.1) is 17.8 Å². The smallest absolute Gasteiger partial charge is 0.185 e. The molecule has 0 spiro atoms. The number of ketones is 1. The third-order valence-corrected chi connectivity index (χ3v) is 5.19. The highest BCUT2D eigenvalue weighted by Gasteiger charge is 2.48. The van der Waals surface area contributed by atoms with Crippen molar-refractivity contribution >= 4 is 17.4 Å². The topological polar surface area (TPSA) is 30.0 Å². The van der Waals surface area contributed by atoms with Gasteiger partial charge in [0.25, 0.3) is 0 Å². The lowest BCUT2D eigenvalue weighted by Crippen LogP contribution is -2.27. The summed E-state index contributed by atoms with van der Waals surface area (Å²) >= 11 is 6.00. The van der Waals surface area contributed by atoms with Crippen LogP contribution in [-0.4, -0.2) is 10.8 Å². The van der Waals surface area contributed by atoms with Gasteiger partial charge in [-0.25, -0.2) is 0 Å². The number of hydrogen-bond acceptors (Lipinski definition) is 2. The summed E-state index contributed by atoms with van der Waals surface area (Å²) in [5.74, 6) is 1.18. The van der Waals surface area contributed by atoms with Crippen LogP contribution < -0.4 is 0 Å². The maximum Gasteiger partial charge on any atom is 0.185 e. The van der Waals surface area contributed by atoms with Gasteiger partial charge in [-0.1, -0.05) is 42.0 Å². The Morgan fingerprint density at radius 2 is 1.82 bits per heavy atom. The molecule has 0 N–H and O–H groups in total. The summed E-state index contributed by atoms with van der Waals surface area (Å²) in [4.78, 5) is 17.2. The fraction of sp³-hybridized carbons (Fsp3) is 0.263. The normalized spacial score (nSPS) is 29.0. The van der Waals surface area contributed by atoms with E-state index in [9.17, 15) is 4.79 Å². The van der Waals surface area contributed by atoms with Gasteiger partial charge in [-0.3, -0.25) is 9.78 Å². The summed E-state index contributed by atoms with van der Waals surface area (Å²) in [6, 6.07) is 13.5. The van der Waals surface area contributed by atoms with Crippen LogP contribution >= 0.6 is 11.6 Å². The molecule has 1 heterocycles. The predicted octanol–water partition coefficient (Wildman–Crippen LogP) is 4.52. The fourth-order valence-electron chi connectivity index (χ4n) is 4.00. The molecule has 2 bridgehead atoms. The first kappa shape index (κ1) is 13.7. The minimum Gasteiger partial charge on any atom is -0.292 e. The van der Waals surface area contributed by atoms with Gasteiger partial charge in [0, 0.05) is 23.1 Å². The Labute approximate surface area is 134 Å². The lowest BCUT2D eigenvalue weighted by Gasteiger charge is -2.27. The zero-order valence-electron chi connectivity index (χ0n) is 12.0. The number of benzene rings is 1. The number of fused-ring (bicyclic) bond motifs is 2. The van der Waals surface area contributed by atoms with Crippen molar-refractivity contribution in [1.82, 2.24) is 4.98 Å². The molecule has 1 aromatic carbocycles. The molecule has 3 heteroatoms. The number of halogens is 1. The number of pyridine rings is 1. The van der Waals surface area contributed by atoms with Gasteiger partial charge in [0.1, 0.15) is 5.69 Å². The highest BCUT2D eigenvalue weighted by atomic mass is 35.5. The van der Waals surface area contributed by atoms with Crippen LogP contribution in [0.1, 0.15) is 28.4 Å². The quantitative estimate of drug-likeness (QED) is 0.616. The third-order valence-electron chi connectivity index (χ3n) is 4.93. The molecule has 2 aliphatic rings. The molecule has 0 radical (unpaired) electrons. The number of nitrogens with zero attached hydrogens (tertiary/aromatic N) is 1. The van der Waals surface area contributed by atoms with Crippen LogP contribution in [0.15, 0.2) is 60.8 Å². The molecule has 110 valence electrons. The molecule has 1 fully saturated rings. The van der Waals surface area contributed by atoms with Gasteiger partial charge in [-0.2, -0.15) is 0 Å². The largest absolute Gasteiger partial charge is 0.292 e. The van der Waals surface area contributed by atoms with Crippen LogP contribution in [0.25, 0.3) is 0 Å². The van der Waals surface area contributed by atoms with Crippen molar-refractivity contribution in [2.75, 3.05) is 0 Å². The summed E-state index contributed by atoms with van der Waals surface area (Å²) < 4.78 is 0. The Kier molecular flexibility index (Phi) is 3.34. The monoisotopic (exact) mass is 309 g/mol. The maximum absolute atomic E-state index is 13.0. The minimum absolute atomic E-state index is 0.00826. The van der Waals surface area contributed by atoms with Crippen LogP contribution in [0.3, 0.4) is 0 Å². The Morgan fingerprint density at radius 3 is 2.55 bits per heavy atom. The van der Waals surface area contributed by atoms with Gasteiger partial charge >= 0.3 is 0 Å². The van der Waals surface area contributed by atoms with Crippen molar-refractivity contribution in [3.63, 3.8) is 0 Å². The molecule has 4 atom stereocenters. The van der Waals surface area contributed by atoms with Crippen molar-refractivity contribution in [3.8, 4) is 0 Å². The van der Waals surface area contributed by atoms with Crippen LogP contribution in [-0.2, 0) is 0 Å². The van der Waals surface area contributed by atoms with E-state index < -0.39 is 0 Å². The molecule has 0 amide bonds. The van der Waals surface area contributed by atoms with Crippen molar-refractivity contribution in [1.29, 1.82) is 0 Å². The average Bonchev–Trinajstić information content (AvgIpc) is 3.17. The predicted molar refractivity (Wildman–Crippen MR) is 87.0 cm³/mol. The Balaban J connectivity index is 1.72. The second-order valence-corrected chi connectivity index (χ2v) is 6.57. The SMILES string of the molecule is O=C(c1ccccn1)[C@@H]1C2C=CC(C2)[C@H]1c1ccc(Cl)cc1. The molecular formula is C19H16ClNO. The maximum atomic E-state index is 13.0. The van der Waals surface area contributed by atoms with E-state index in [-0.39, 0.29) is 17.6 Å². The van der Waals surface area contributed by atoms with Crippen molar-refractivity contribution < 1.29 is 4.79 Å². The lowest BCUT2D eigenvalue weighted by molar-refractivity contribution is 0.0881. The van der Waals surface area contributed by atoms with Gasteiger partial charge in [-0.15, -0.1) is 0 Å². The van der Waals surface area contributed by atoms with E-state index in [0.29, 0.717) is 17.5 Å². The zero-order valence-corrected chi connectivity index (χ0v) is 12.8. The first-order chi connectivity index (χ1) is 10.7. The standard InChI is InChI=1S/C19H16ClNO/c20-15-8-6-12(7-9-15)17-13-4-5-14(11-13)18(17)19(22)16-3-1-2-10-21-16/h1-10,13-14,17-18H,11H2/t13?,14?,17-,18-/m1/s1. The van der Waals surface area contributed by atoms with Gasteiger partial charge in [0.15, 0.2) is 5.78 Å². The Morgan fingerprint density at radius 1 is 1.05 bits per heavy atom. The van der Waals surface area contributed by atoms with Crippen molar-refractivity contribution in [3.05, 3.63) is 77.1 Å². The molecule has 2 unspecified atom stereocenters. The number of aromatic nitrogens is 1. The van der Waals surface area contributed by atoms with E-state index in [1.165, 1.54) is 5.56 Å². The lowest BCUT2D eigenvalue weighted by atomic mass is 9.75. The van der Waals surface area contributed by atoms with Gasteiger partial charge in [-0.05, 0) is 48.1 Å². The Hall–Kier alpha value is -1.93. The second-order valence-electron chi connectivity index (χ2n) is 6.13. The molecular weight excluding hydrogens is 294 g/mol. The molecule has 4 rings (SSSR count). The van der Waals surface area contributed by atoms with Gasteiger partial charge in [0.05, 0.1) is 0 Å². The highest BCUT2D eigenvalue weighted by molar-refractivity contribution is 6.30. The van der Waals surface area contributed by atoms with Crippen LogP contribution in [0.4, 0.5) is 0 Å². The Bertz CT molecular complexity index is 723. The van der Waals surface area contributed by atoms with E-state index in [0.717, 1.165) is 11.4 Å². The van der Waals surface area contributed by atoms with Crippen molar-refractivity contribution in [2.45, 2.75) is 12.3 Å². The van der Waals surface area contributed by atoms with Crippen LogP contribution in [0.5, 0.6) is 0 Å². The van der Waals surface area contributed by atoms with E-state index in [1.807, 2.05) is 30.3 Å². The molecule has 2 aliphatic carbocycles. The fourth-order valence-corrected chi connectivity index (χ4v) is 4.12. The summed E-state index contributed by atoms with van der Waals surface area (Å²) in [6.07, 6.45) is 7.23. The third kappa shape index (κ3) is 2.19. The van der Waals surface area contributed by atoms with Gasteiger partial charge in [0.2, 0.25) is 0 Å². The number of hydrogen-bond donors (Lipinski definition) is 0. The van der Waals surface area contributed by atoms with E-state index in [1.54, 1.807) is 6.20 Å². The molecule has 22 heavy (non-hydrogen) atoms. The molecule has 2 aromatic rings. The zero-order chi connectivity index (χ0) is 15.1. The number of rotatable bonds is 3. The second kappa shape index (κ2) is 5.36. The number of carbonyl (C=O) groups excluding carboxylic acids is 1. The first-order valence-corrected chi connectivity index (χ1v) is 8.01. The van der Waals surface area contributed by atoms with E-state index >= 15 is 0 Å². The molecule has 0 saturated heterocycles. The number of Topliss-reactive ketones (excluding diaryl/α,β-unsaturated/α-hetero) is 1. The van der Waals surface area contributed by atoms with E-state index in [4.69, 9.17) is 11.6 Å². The molecule has 1 aromatic heterocycles. The molecule has 0 aliphatic heterocycles. The van der Waals surface area contributed by atoms with Crippen LogP contribution in [0.2, 0.25) is 5.02 Å². The van der Waals surface area contributed by atoms with Crippen molar-refractivity contribution in [2.24, 2.45) is 17.8 Å². The minimum atomic E-state index is -0.00826. The molecule has 1 saturated carbocycles. The van der Waals surface area contributed by atoms with Gasteiger partial charge < -0.3 is 0 Å². The molecule has 2 nitrogen and oxygen atoms in total. The summed E-state index contributed by atoms with van der Waals surface area (Å²) in [6.45, 7) is 0. The number of allylic oxidation sites excluding steroid dienone is 2. The first-order valence-electron chi connectivity index (χ1n) is 7.63. The van der Waals surface area contributed by atoms with E-state index in [2.05, 4.69) is 29.3 Å². The summed E-state index contributed by atoms with van der Waals surface area (Å²) in [5.41, 5.74) is 1.78. The number of carbonyl (C=O) groups is 1. The summed E-state index contributed by atoms with van der Waals surface area (Å²) in [7, 11) is 0. The summed E-state index contributed by atoms with van der Waals surface area (Å²) in [5, 5.41) is 0.732.